The normalized spacial score (nSPS) is 9.79. The largest absolute Gasteiger partial charge is 0.466 e. The monoisotopic (exact) mass is 284 g/mol. The van der Waals surface area contributed by atoms with E-state index in [0.717, 1.165) is 5.56 Å². The molecule has 104 valence electrons. The molecule has 0 saturated heterocycles. The van der Waals surface area contributed by atoms with Crippen LogP contribution in [0.2, 0.25) is 5.02 Å². The Morgan fingerprint density at radius 2 is 2.11 bits per heavy atom. The van der Waals surface area contributed by atoms with Crippen LogP contribution in [-0.4, -0.2) is 25.2 Å². The van der Waals surface area contributed by atoms with Crippen molar-refractivity contribution < 1.29 is 14.3 Å². The van der Waals surface area contributed by atoms with E-state index in [0.29, 0.717) is 18.2 Å². The number of hydrogen-bond acceptors (Lipinski definition) is 3. The summed E-state index contributed by atoms with van der Waals surface area (Å²) in [6.07, 6.45) is 0.165. The third kappa shape index (κ3) is 6.67. The van der Waals surface area contributed by atoms with Crippen molar-refractivity contribution in [1.29, 1.82) is 0 Å². The fraction of sp³-hybridized carbons (Fsp3) is 0.385. The Morgan fingerprint density at radius 3 is 2.79 bits per heavy atom. The van der Waals surface area contributed by atoms with Gasteiger partial charge in [0.2, 0.25) is 0 Å². The van der Waals surface area contributed by atoms with Gasteiger partial charge < -0.3 is 15.4 Å². The molecule has 1 aromatic rings. The molecule has 1 aromatic carbocycles. The Labute approximate surface area is 117 Å². The lowest BCUT2D eigenvalue weighted by molar-refractivity contribution is -0.142. The second-order valence-electron chi connectivity index (χ2n) is 3.79. The second kappa shape index (κ2) is 8.37. The molecule has 0 spiro atoms. The van der Waals surface area contributed by atoms with Crippen molar-refractivity contribution in [2.45, 2.75) is 19.9 Å². The zero-order valence-electron chi connectivity index (χ0n) is 10.7. The van der Waals surface area contributed by atoms with E-state index < -0.39 is 0 Å². The number of rotatable bonds is 6. The van der Waals surface area contributed by atoms with Gasteiger partial charge in [-0.3, -0.25) is 4.79 Å². The third-order valence-electron chi connectivity index (χ3n) is 2.26. The summed E-state index contributed by atoms with van der Waals surface area (Å²) in [7, 11) is 0. The van der Waals surface area contributed by atoms with Crippen LogP contribution in [0, 0.1) is 0 Å². The number of hydrogen-bond donors (Lipinski definition) is 2. The topological polar surface area (TPSA) is 67.4 Å². The van der Waals surface area contributed by atoms with Gasteiger partial charge in [0.05, 0.1) is 13.0 Å². The highest BCUT2D eigenvalue weighted by molar-refractivity contribution is 6.30. The zero-order valence-corrected chi connectivity index (χ0v) is 11.5. The number of esters is 1. The van der Waals surface area contributed by atoms with Crippen molar-refractivity contribution >= 4 is 23.6 Å². The van der Waals surface area contributed by atoms with E-state index >= 15 is 0 Å². The molecule has 0 bridgehead atoms. The first-order chi connectivity index (χ1) is 9.11. The lowest BCUT2D eigenvalue weighted by Gasteiger charge is -2.07. The molecule has 0 saturated carbocycles. The predicted molar refractivity (Wildman–Crippen MR) is 72.9 cm³/mol. The zero-order chi connectivity index (χ0) is 14.1. The number of carbonyl (C=O) groups is 2. The van der Waals surface area contributed by atoms with Gasteiger partial charge in [0.1, 0.15) is 0 Å². The van der Waals surface area contributed by atoms with Crippen LogP contribution in [0.3, 0.4) is 0 Å². The van der Waals surface area contributed by atoms with Crippen molar-refractivity contribution in [3.05, 3.63) is 34.9 Å². The summed E-state index contributed by atoms with van der Waals surface area (Å²) >= 11 is 5.83. The predicted octanol–water partition coefficient (Wildman–Crippen LogP) is 2.09. The summed E-state index contributed by atoms with van der Waals surface area (Å²) < 4.78 is 4.74. The Bertz CT molecular complexity index is 438. The number of benzene rings is 1. The molecule has 0 aliphatic heterocycles. The molecule has 19 heavy (non-hydrogen) atoms. The number of nitrogens with one attached hydrogen (secondary N) is 2. The maximum Gasteiger partial charge on any atom is 0.315 e. The van der Waals surface area contributed by atoms with E-state index in [1.165, 1.54) is 0 Å². The summed E-state index contributed by atoms with van der Waals surface area (Å²) in [4.78, 5) is 22.5. The smallest absolute Gasteiger partial charge is 0.315 e. The van der Waals surface area contributed by atoms with E-state index in [1.807, 2.05) is 12.1 Å². The molecule has 0 aliphatic rings. The molecule has 0 fully saturated rings. The van der Waals surface area contributed by atoms with Crippen LogP contribution in [0.15, 0.2) is 24.3 Å². The van der Waals surface area contributed by atoms with Crippen LogP contribution >= 0.6 is 11.6 Å². The molecule has 5 nitrogen and oxygen atoms in total. The van der Waals surface area contributed by atoms with Crippen molar-refractivity contribution in [2.24, 2.45) is 0 Å². The molecular weight excluding hydrogens is 268 g/mol. The van der Waals surface area contributed by atoms with Gasteiger partial charge in [-0.15, -0.1) is 0 Å². The highest BCUT2D eigenvalue weighted by Gasteiger charge is 2.04. The summed E-state index contributed by atoms with van der Waals surface area (Å²) in [6.45, 7) is 2.72. The van der Waals surface area contributed by atoms with Gasteiger partial charge in [0.25, 0.3) is 0 Å². The van der Waals surface area contributed by atoms with E-state index in [-0.39, 0.29) is 25.0 Å². The molecule has 0 aliphatic carbocycles. The molecule has 0 unspecified atom stereocenters. The molecule has 0 atom stereocenters. The number of carbonyl (C=O) groups excluding carboxylic acids is 2. The van der Waals surface area contributed by atoms with Crippen LogP contribution in [0.25, 0.3) is 0 Å². The summed E-state index contributed by atoms with van der Waals surface area (Å²) in [5, 5.41) is 5.87. The van der Waals surface area contributed by atoms with Gasteiger partial charge in [0.15, 0.2) is 0 Å². The standard InChI is InChI=1S/C13H17ClN2O3/c1-2-19-12(17)6-7-15-13(18)16-9-10-4-3-5-11(14)8-10/h3-5,8H,2,6-7,9H2,1H3,(H2,15,16,18). The third-order valence-corrected chi connectivity index (χ3v) is 2.50. The lowest BCUT2D eigenvalue weighted by atomic mass is 10.2. The molecular formula is C13H17ClN2O3. The number of halogens is 1. The highest BCUT2D eigenvalue weighted by atomic mass is 35.5. The molecule has 0 heterocycles. The Hall–Kier alpha value is -1.75. The maximum absolute atomic E-state index is 11.4. The maximum atomic E-state index is 11.4. The van der Waals surface area contributed by atoms with Crippen molar-refractivity contribution in [3.8, 4) is 0 Å². The van der Waals surface area contributed by atoms with Gasteiger partial charge in [0, 0.05) is 18.1 Å². The Kier molecular flexibility index (Phi) is 6.74. The minimum Gasteiger partial charge on any atom is -0.466 e. The van der Waals surface area contributed by atoms with E-state index in [4.69, 9.17) is 16.3 Å². The molecule has 0 aromatic heterocycles. The van der Waals surface area contributed by atoms with Crippen molar-refractivity contribution in [2.75, 3.05) is 13.2 Å². The highest BCUT2D eigenvalue weighted by Crippen LogP contribution is 2.09. The quantitative estimate of drug-likeness (QED) is 0.786. The number of amides is 2. The SMILES string of the molecule is CCOC(=O)CCNC(=O)NCc1cccc(Cl)c1. The van der Waals surface area contributed by atoms with Gasteiger partial charge in [-0.1, -0.05) is 23.7 Å². The Morgan fingerprint density at radius 1 is 1.32 bits per heavy atom. The minimum absolute atomic E-state index is 0.165. The molecule has 0 radical (unpaired) electrons. The van der Waals surface area contributed by atoms with E-state index in [1.54, 1.807) is 19.1 Å². The molecule has 1 rings (SSSR count). The second-order valence-corrected chi connectivity index (χ2v) is 4.23. The summed E-state index contributed by atoms with van der Waals surface area (Å²) in [5.41, 5.74) is 0.910. The van der Waals surface area contributed by atoms with Gasteiger partial charge in [-0.2, -0.15) is 0 Å². The Balaban J connectivity index is 2.19. The average Bonchev–Trinajstić information content (AvgIpc) is 2.37. The minimum atomic E-state index is -0.329. The molecule has 6 heteroatoms. The van der Waals surface area contributed by atoms with Crippen LogP contribution in [0.1, 0.15) is 18.9 Å². The lowest BCUT2D eigenvalue weighted by Crippen LogP contribution is -2.36. The summed E-state index contributed by atoms with van der Waals surface area (Å²) in [5.74, 6) is -0.322. The van der Waals surface area contributed by atoms with Gasteiger partial charge in [-0.05, 0) is 24.6 Å². The molecule has 2 amide bonds. The first-order valence-corrected chi connectivity index (χ1v) is 6.41. The summed E-state index contributed by atoms with van der Waals surface area (Å²) in [6, 6.07) is 6.90. The average molecular weight is 285 g/mol. The number of ether oxygens (including phenoxy) is 1. The van der Waals surface area contributed by atoms with E-state index in [9.17, 15) is 9.59 Å². The van der Waals surface area contributed by atoms with Gasteiger partial charge in [-0.25, -0.2) is 4.79 Å². The fourth-order valence-corrected chi connectivity index (χ4v) is 1.62. The van der Waals surface area contributed by atoms with Crippen molar-refractivity contribution in [3.63, 3.8) is 0 Å². The van der Waals surface area contributed by atoms with Crippen molar-refractivity contribution in [1.82, 2.24) is 10.6 Å². The first kappa shape index (κ1) is 15.3. The van der Waals surface area contributed by atoms with Crippen LogP contribution in [-0.2, 0) is 16.1 Å². The molecule has 2 N–H and O–H groups in total. The van der Waals surface area contributed by atoms with E-state index in [2.05, 4.69) is 10.6 Å². The van der Waals surface area contributed by atoms with Crippen LogP contribution in [0.5, 0.6) is 0 Å². The van der Waals surface area contributed by atoms with Crippen LogP contribution in [0.4, 0.5) is 4.79 Å². The fourth-order valence-electron chi connectivity index (χ4n) is 1.40. The van der Waals surface area contributed by atoms with Crippen LogP contribution < -0.4 is 10.6 Å². The van der Waals surface area contributed by atoms with Gasteiger partial charge >= 0.3 is 12.0 Å². The first-order valence-electron chi connectivity index (χ1n) is 6.03. The number of urea groups is 1.